The molecule has 2 atom stereocenters. The monoisotopic (exact) mass is 307 g/mol. The summed E-state index contributed by atoms with van der Waals surface area (Å²) in [5, 5.41) is 18.4. The van der Waals surface area contributed by atoms with Crippen LogP contribution >= 0.6 is 0 Å². The van der Waals surface area contributed by atoms with Crippen LogP contribution in [0.3, 0.4) is 0 Å². The average Bonchev–Trinajstić information content (AvgIpc) is 2.71. The van der Waals surface area contributed by atoms with E-state index in [2.05, 4.69) is 0 Å². The minimum absolute atomic E-state index is 0.280. The number of aliphatic carboxylic acids is 1. The van der Waals surface area contributed by atoms with Gasteiger partial charge >= 0.3 is 5.97 Å². The Morgan fingerprint density at radius 2 is 2.00 bits per heavy atom. The van der Waals surface area contributed by atoms with Gasteiger partial charge in [0.2, 0.25) is 10.0 Å². The predicted molar refractivity (Wildman–Crippen MR) is 62.3 cm³/mol. The molecule has 1 aliphatic heterocycles. The van der Waals surface area contributed by atoms with E-state index in [1.807, 2.05) is 0 Å². The van der Waals surface area contributed by atoms with Gasteiger partial charge in [-0.05, 0) is 12.1 Å². The van der Waals surface area contributed by atoms with E-state index in [1.165, 1.54) is 0 Å². The third-order valence-electron chi connectivity index (χ3n) is 3.00. The number of rotatable bonds is 3. The molecule has 2 rings (SSSR count). The van der Waals surface area contributed by atoms with E-state index in [9.17, 15) is 27.1 Å². The smallest absolute Gasteiger partial charge is 0.322 e. The summed E-state index contributed by atoms with van der Waals surface area (Å²) in [7, 11) is -4.46. The van der Waals surface area contributed by atoms with E-state index in [0.29, 0.717) is 10.4 Å². The second-order valence-electron chi connectivity index (χ2n) is 4.39. The fourth-order valence-corrected chi connectivity index (χ4v) is 3.76. The highest BCUT2D eigenvalue weighted by molar-refractivity contribution is 7.89. The first-order valence-electron chi connectivity index (χ1n) is 5.61. The lowest BCUT2D eigenvalue weighted by atomic mass is 10.2. The zero-order chi connectivity index (χ0) is 15.1. The minimum Gasteiger partial charge on any atom is -0.480 e. The van der Waals surface area contributed by atoms with Gasteiger partial charge in [-0.1, -0.05) is 0 Å². The molecule has 0 bridgehead atoms. The van der Waals surface area contributed by atoms with Crippen molar-refractivity contribution in [2.75, 3.05) is 6.54 Å². The highest BCUT2D eigenvalue weighted by Crippen LogP contribution is 2.28. The molecule has 1 fully saturated rings. The number of β-amino-alcohol motifs (C(OH)–C–C–N with tert-alkyl or cyclic N) is 1. The number of benzene rings is 1. The van der Waals surface area contributed by atoms with E-state index in [-0.39, 0.29) is 6.42 Å². The first kappa shape index (κ1) is 14.8. The van der Waals surface area contributed by atoms with Crippen LogP contribution in [0.4, 0.5) is 8.78 Å². The summed E-state index contributed by atoms with van der Waals surface area (Å²) in [6.45, 7) is -0.448. The summed E-state index contributed by atoms with van der Waals surface area (Å²) in [4.78, 5) is 10.2. The molecule has 1 heterocycles. The number of carboxylic acids is 1. The standard InChI is InChI=1S/C11H11F2NO5S/c12-6-1-2-10(8(13)3-6)20(18,19)14-5-7(15)4-9(14)11(16)17/h1-3,7,9,15H,4-5H2,(H,16,17)/t7-,9-/m1/s1. The van der Waals surface area contributed by atoms with Gasteiger partial charge in [0.1, 0.15) is 22.6 Å². The molecule has 0 spiro atoms. The Kier molecular flexibility index (Phi) is 3.76. The third kappa shape index (κ3) is 2.51. The Morgan fingerprint density at radius 1 is 1.35 bits per heavy atom. The van der Waals surface area contributed by atoms with Gasteiger partial charge < -0.3 is 10.2 Å². The maximum atomic E-state index is 13.6. The van der Waals surface area contributed by atoms with Crippen molar-refractivity contribution in [2.24, 2.45) is 0 Å². The van der Waals surface area contributed by atoms with Crippen molar-refractivity contribution >= 4 is 16.0 Å². The quantitative estimate of drug-likeness (QED) is 0.830. The number of nitrogens with zero attached hydrogens (tertiary/aromatic N) is 1. The highest BCUT2D eigenvalue weighted by atomic mass is 32.2. The number of carboxylic acid groups (broad SMARTS) is 1. The van der Waals surface area contributed by atoms with Crippen LogP contribution in [0.5, 0.6) is 0 Å². The largest absolute Gasteiger partial charge is 0.480 e. The van der Waals surface area contributed by atoms with Gasteiger partial charge in [-0.2, -0.15) is 4.31 Å². The fourth-order valence-electron chi connectivity index (χ4n) is 2.09. The summed E-state index contributed by atoms with van der Waals surface area (Å²) < 4.78 is 51.3. The van der Waals surface area contributed by atoms with Crippen molar-refractivity contribution in [3.05, 3.63) is 29.8 Å². The molecule has 6 nitrogen and oxygen atoms in total. The summed E-state index contributed by atoms with van der Waals surface area (Å²) in [6, 6.07) is 0.413. The van der Waals surface area contributed by atoms with Crippen molar-refractivity contribution < 1.29 is 32.2 Å². The van der Waals surface area contributed by atoms with Gasteiger partial charge in [-0.3, -0.25) is 4.79 Å². The highest BCUT2D eigenvalue weighted by Gasteiger charge is 2.44. The zero-order valence-corrected chi connectivity index (χ0v) is 10.8. The molecule has 0 amide bonds. The molecule has 1 aromatic carbocycles. The van der Waals surface area contributed by atoms with Crippen LogP contribution in [0.1, 0.15) is 6.42 Å². The van der Waals surface area contributed by atoms with E-state index >= 15 is 0 Å². The van der Waals surface area contributed by atoms with Gasteiger partial charge in [-0.15, -0.1) is 0 Å². The molecule has 1 aromatic rings. The van der Waals surface area contributed by atoms with Gasteiger partial charge in [0.15, 0.2) is 0 Å². The van der Waals surface area contributed by atoms with Gasteiger partial charge in [-0.25, -0.2) is 17.2 Å². The first-order valence-corrected chi connectivity index (χ1v) is 7.05. The lowest BCUT2D eigenvalue weighted by molar-refractivity contribution is -0.140. The minimum atomic E-state index is -4.46. The van der Waals surface area contributed by atoms with Crippen LogP contribution < -0.4 is 0 Å². The Labute approximate surface area is 113 Å². The number of sulfonamides is 1. The lowest BCUT2D eigenvalue weighted by Crippen LogP contribution is -2.40. The number of aliphatic hydroxyl groups excluding tert-OH is 1. The van der Waals surface area contributed by atoms with Crippen LogP contribution in [0.15, 0.2) is 23.1 Å². The molecular formula is C11H11F2NO5S. The second kappa shape index (κ2) is 5.08. The Hall–Kier alpha value is -1.58. The van der Waals surface area contributed by atoms with Crippen LogP contribution in [0, 0.1) is 11.6 Å². The van der Waals surface area contributed by atoms with Gasteiger partial charge in [0.05, 0.1) is 6.10 Å². The van der Waals surface area contributed by atoms with Crippen LogP contribution in [-0.4, -0.2) is 47.6 Å². The van der Waals surface area contributed by atoms with E-state index in [1.54, 1.807) is 0 Å². The van der Waals surface area contributed by atoms with Gasteiger partial charge in [0, 0.05) is 19.0 Å². The molecule has 0 unspecified atom stereocenters. The van der Waals surface area contributed by atoms with Crippen molar-refractivity contribution in [3.8, 4) is 0 Å². The Bertz CT molecular complexity index is 648. The molecular weight excluding hydrogens is 296 g/mol. The van der Waals surface area contributed by atoms with Crippen LogP contribution in [0.25, 0.3) is 0 Å². The maximum absolute atomic E-state index is 13.6. The van der Waals surface area contributed by atoms with Crippen molar-refractivity contribution in [1.82, 2.24) is 4.31 Å². The third-order valence-corrected chi connectivity index (χ3v) is 4.91. The number of hydrogen-bond acceptors (Lipinski definition) is 4. The molecule has 1 aliphatic rings. The van der Waals surface area contributed by atoms with E-state index in [0.717, 1.165) is 12.1 Å². The summed E-state index contributed by atoms with van der Waals surface area (Å²) in [5.41, 5.74) is 0. The molecule has 0 saturated carbocycles. The molecule has 0 aliphatic carbocycles. The number of aliphatic hydroxyl groups is 1. The zero-order valence-electron chi connectivity index (χ0n) is 10.0. The second-order valence-corrected chi connectivity index (χ2v) is 6.25. The molecule has 1 saturated heterocycles. The molecule has 20 heavy (non-hydrogen) atoms. The number of carbonyl (C=O) groups is 1. The number of hydrogen-bond donors (Lipinski definition) is 2. The first-order chi connectivity index (χ1) is 9.23. The summed E-state index contributed by atoms with van der Waals surface area (Å²) in [6.07, 6.45) is -1.42. The SMILES string of the molecule is O=C(O)[C@H]1C[C@@H](O)CN1S(=O)(=O)c1ccc(F)cc1F. The fraction of sp³-hybridized carbons (Fsp3) is 0.364. The van der Waals surface area contributed by atoms with Crippen LogP contribution in [-0.2, 0) is 14.8 Å². The Morgan fingerprint density at radius 3 is 2.55 bits per heavy atom. The van der Waals surface area contributed by atoms with Crippen molar-refractivity contribution in [1.29, 1.82) is 0 Å². The topological polar surface area (TPSA) is 94.9 Å². The lowest BCUT2D eigenvalue weighted by Gasteiger charge is -2.20. The number of halogens is 2. The van der Waals surface area contributed by atoms with Gasteiger partial charge in [0.25, 0.3) is 0 Å². The molecule has 0 aromatic heterocycles. The molecule has 2 N–H and O–H groups in total. The predicted octanol–water partition coefficient (Wildman–Crippen LogP) is 0.173. The Balaban J connectivity index is 2.46. The average molecular weight is 307 g/mol. The van der Waals surface area contributed by atoms with Crippen molar-refractivity contribution in [2.45, 2.75) is 23.5 Å². The summed E-state index contributed by atoms with van der Waals surface area (Å²) >= 11 is 0. The maximum Gasteiger partial charge on any atom is 0.322 e. The molecule has 110 valence electrons. The summed E-state index contributed by atoms with van der Waals surface area (Å²) in [5.74, 6) is -3.69. The van der Waals surface area contributed by atoms with Crippen molar-refractivity contribution in [3.63, 3.8) is 0 Å². The molecule has 9 heteroatoms. The van der Waals surface area contributed by atoms with E-state index < -0.39 is 51.2 Å². The normalized spacial score (nSPS) is 23.9. The molecule has 0 radical (unpaired) electrons. The van der Waals surface area contributed by atoms with E-state index in [4.69, 9.17) is 5.11 Å². The van der Waals surface area contributed by atoms with Crippen LogP contribution in [0.2, 0.25) is 0 Å².